The summed E-state index contributed by atoms with van der Waals surface area (Å²) in [4.78, 5) is 24.5. The average Bonchev–Trinajstić information content (AvgIpc) is 3.19. The Morgan fingerprint density at radius 3 is 2.84 bits per heavy atom. The van der Waals surface area contributed by atoms with Gasteiger partial charge >= 0.3 is 0 Å². The number of para-hydroxylation sites is 1. The second kappa shape index (κ2) is 8.08. The van der Waals surface area contributed by atoms with Gasteiger partial charge in [-0.3, -0.25) is 4.79 Å². The minimum Gasteiger partial charge on any atom is -0.455 e. The zero-order valence-electron chi connectivity index (χ0n) is 16.1. The maximum Gasteiger partial charge on any atom is 0.277 e. The molecular formula is C22H16ClN5O3. The molecule has 1 amide bonds. The van der Waals surface area contributed by atoms with E-state index < -0.39 is 5.91 Å². The molecule has 9 heteroatoms. The largest absolute Gasteiger partial charge is 0.455 e. The fourth-order valence-corrected chi connectivity index (χ4v) is 3.52. The smallest absolute Gasteiger partial charge is 0.277 e. The van der Waals surface area contributed by atoms with Gasteiger partial charge in [0, 0.05) is 17.0 Å². The number of fused-ring (bicyclic) bond motifs is 2. The molecule has 0 saturated heterocycles. The molecule has 2 N–H and O–H groups in total. The zero-order valence-corrected chi connectivity index (χ0v) is 16.8. The lowest BCUT2D eigenvalue weighted by Gasteiger charge is -2.17. The second-order valence-corrected chi connectivity index (χ2v) is 7.33. The van der Waals surface area contributed by atoms with Gasteiger partial charge in [-0.05, 0) is 24.3 Å². The fourth-order valence-electron chi connectivity index (χ4n) is 3.35. The average molecular weight is 434 g/mol. The van der Waals surface area contributed by atoms with Gasteiger partial charge in [0.15, 0.2) is 17.3 Å². The van der Waals surface area contributed by atoms with E-state index in [4.69, 9.17) is 20.8 Å². The van der Waals surface area contributed by atoms with Crippen LogP contribution in [0.15, 0.2) is 71.9 Å². The highest BCUT2D eigenvalue weighted by Gasteiger charge is 2.25. The number of ether oxygens (including phenoxy) is 1. The third kappa shape index (κ3) is 4.06. The summed E-state index contributed by atoms with van der Waals surface area (Å²) in [5.74, 6) is 1.42. The minimum atomic E-state index is -0.403. The van der Waals surface area contributed by atoms with Crippen LogP contribution in [0.2, 0.25) is 5.02 Å². The van der Waals surface area contributed by atoms with Gasteiger partial charge in [-0.2, -0.15) is 0 Å². The first-order valence-corrected chi connectivity index (χ1v) is 9.87. The van der Waals surface area contributed by atoms with Crippen molar-refractivity contribution in [3.8, 4) is 11.5 Å². The Hall–Kier alpha value is -3.91. The Kier molecular flexibility index (Phi) is 4.97. The summed E-state index contributed by atoms with van der Waals surface area (Å²) in [6.07, 6.45) is 6.12. The Morgan fingerprint density at radius 2 is 1.97 bits per heavy atom. The van der Waals surface area contributed by atoms with Crippen LogP contribution in [-0.2, 0) is 6.42 Å². The topological polar surface area (TPSA) is 102 Å². The molecule has 2 aromatic carbocycles. The van der Waals surface area contributed by atoms with Crippen molar-refractivity contribution >= 4 is 28.9 Å². The predicted octanol–water partition coefficient (Wildman–Crippen LogP) is 4.87. The minimum absolute atomic E-state index is 0.167. The molecule has 1 atom stereocenters. The van der Waals surface area contributed by atoms with Crippen LogP contribution in [0.1, 0.15) is 28.0 Å². The van der Waals surface area contributed by atoms with Crippen LogP contribution in [-0.4, -0.2) is 20.9 Å². The first kappa shape index (κ1) is 19.1. The van der Waals surface area contributed by atoms with Crippen molar-refractivity contribution in [2.75, 3.05) is 10.6 Å². The number of amides is 1. The molecule has 3 heterocycles. The Morgan fingerprint density at radius 1 is 1.13 bits per heavy atom. The van der Waals surface area contributed by atoms with Crippen molar-refractivity contribution < 1.29 is 13.9 Å². The van der Waals surface area contributed by atoms with E-state index in [1.807, 2.05) is 36.4 Å². The van der Waals surface area contributed by atoms with Gasteiger partial charge in [-0.15, -0.1) is 0 Å². The molecule has 0 aliphatic carbocycles. The molecule has 5 rings (SSSR count). The molecule has 31 heavy (non-hydrogen) atoms. The molecule has 0 fully saturated rings. The number of nitrogens with zero attached hydrogens (tertiary/aromatic N) is 3. The lowest BCUT2D eigenvalue weighted by atomic mass is 10.0. The van der Waals surface area contributed by atoms with Gasteiger partial charge in [0.25, 0.3) is 5.91 Å². The summed E-state index contributed by atoms with van der Waals surface area (Å²) in [6, 6.07) is 13.0. The van der Waals surface area contributed by atoms with Gasteiger partial charge in [0.1, 0.15) is 18.3 Å². The van der Waals surface area contributed by atoms with Gasteiger partial charge in [-0.25, -0.2) is 15.0 Å². The molecule has 0 spiro atoms. The first-order chi connectivity index (χ1) is 15.2. The number of oxazole rings is 1. The monoisotopic (exact) mass is 433 g/mol. The molecule has 0 radical (unpaired) electrons. The highest BCUT2D eigenvalue weighted by atomic mass is 35.5. The van der Waals surface area contributed by atoms with Crippen LogP contribution >= 0.6 is 11.6 Å². The maximum absolute atomic E-state index is 12.4. The maximum atomic E-state index is 12.4. The molecule has 1 aliphatic heterocycles. The first-order valence-electron chi connectivity index (χ1n) is 9.49. The number of hydrogen-bond donors (Lipinski definition) is 2. The normalized spacial score (nSPS) is 14.4. The summed E-state index contributed by atoms with van der Waals surface area (Å²) in [7, 11) is 0. The van der Waals surface area contributed by atoms with E-state index in [-0.39, 0.29) is 11.7 Å². The molecule has 0 bridgehead atoms. The lowest BCUT2D eigenvalue weighted by Crippen LogP contribution is -2.14. The van der Waals surface area contributed by atoms with Crippen molar-refractivity contribution in [2.45, 2.75) is 12.5 Å². The number of benzene rings is 2. The summed E-state index contributed by atoms with van der Waals surface area (Å²) < 4.78 is 11.7. The number of hydrogen-bond acceptors (Lipinski definition) is 7. The zero-order chi connectivity index (χ0) is 21.2. The number of aromatic nitrogens is 3. The van der Waals surface area contributed by atoms with Crippen molar-refractivity contribution in [3.63, 3.8) is 0 Å². The van der Waals surface area contributed by atoms with Gasteiger partial charge in [0.05, 0.1) is 29.8 Å². The lowest BCUT2D eigenvalue weighted by molar-refractivity contribution is 0.102. The summed E-state index contributed by atoms with van der Waals surface area (Å²) in [5, 5.41) is 6.74. The molecule has 154 valence electrons. The summed E-state index contributed by atoms with van der Waals surface area (Å²) >= 11 is 6.17. The van der Waals surface area contributed by atoms with Crippen molar-refractivity contribution in [3.05, 3.63) is 89.6 Å². The third-order valence-corrected chi connectivity index (χ3v) is 5.00. The third-order valence-electron chi connectivity index (χ3n) is 4.77. The highest BCUT2D eigenvalue weighted by molar-refractivity contribution is 6.30. The SMILES string of the molecule is O=C(Nc1cncnc1)c1coc(CC2Nc3cc(Cl)ccc3Oc3ccccc32)n1. The van der Waals surface area contributed by atoms with Crippen LogP contribution in [0.5, 0.6) is 11.5 Å². The number of nitrogens with one attached hydrogen (secondary N) is 2. The Balaban J connectivity index is 1.40. The number of carbonyl (C=O) groups is 1. The van der Waals surface area contributed by atoms with Crippen LogP contribution in [0.25, 0.3) is 0 Å². The standard InChI is InChI=1S/C22H16ClN5O3/c23-13-5-6-20-17(7-13)27-16(15-3-1-2-4-19(15)31-20)8-21-28-18(11-30-21)22(29)26-14-9-24-12-25-10-14/h1-7,9-12,16,27H,8H2,(H,26,29). The van der Waals surface area contributed by atoms with E-state index in [0.717, 1.165) is 17.0 Å². The van der Waals surface area contributed by atoms with Crippen LogP contribution < -0.4 is 15.4 Å². The molecule has 2 aromatic heterocycles. The number of halogens is 1. The van der Waals surface area contributed by atoms with E-state index in [0.29, 0.717) is 28.8 Å². The van der Waals surface area contributed by atoms with Crippen LogP contribution in [0.3, 0.4) is 0 Å². The van der Waals surface area contributed by atoms with Crippen molar-refractivity contribution in [1.82, 2.24) is 15.0 Å². The quantitative estimate of drug-likeness (QED) is 0.473. The number of rotatable bonds is 4. The molecule has 1 aliphatic rings. The van der Waals surface area contributed by atoms with E-state index in [9.17, 15) is 4.79 Å². The van der Waals surface area contributed by atoms with Gasteiger partial charge in [0.2, 0.25) is 0 Å². The summed E-state index contributed by atoms with van der Waals surface area (Å²) in [5.41, 5.74) is 2.35. The van der Waals surface area contributed by atoms with E-state index >= 15 is 0 Å². The molecule has 4 aromatic rings. The van der Waals surface area contributed by atoms with Crippen molar-refractivity contribution in [1.29, 1.82) is 0 Å². The van der Waals surface area contributed by atoms with E-state index in [1.165, 1.54) is 25.0 Å². The predicted molar refractivity (Wildman–Crippen MR) is 115 cm³/mol. The van der Waals surface area contributed by atoms with E-state index in [1.54, 1.807) is 6.07 Å². The number of anilines is 2. The Labute approximate surface area is 182 Å². The van der Waals surface area contributed by atoms with Crippen LogP contribution in [0, 0.1) is 0 Å². The summed E-state index contributed by atoms with van der Waals surface area (Å²) in [6.45, 7) is 0. The van der Waals surface area contributed by atoms with Gasteiger partial charge in [-0.1, -0.05) is 29.8 Å². The Bertz CT molecular complexity index is 1240. The number of carbonyl (C=O) groups excluding carboxylic acids is 1. The van der Waals surface area contributed by atoms with Crippen molar-refractivity contribution in [2.24, 2.45) is 0 Å². The molecule has 0 saturated carbocycles. The molecule has 1 unspecified atom stereocenters. The van der Waals surface area contributed by atoms with E-state index in [2.05, 4.69) is 25.6 Å². The second-order valence-electron chi connectivity index (χ2n) is 6.89. The molecule has 8 nitrogen and oxygen atoms in total. The highest BCUT2D eigenvalue weighted by Crippen LogP contribution is 2.41. The van der Waals surface area contributed by atoms with Crippen LogP contribution in [0.4, 0.5) is 11.4 Å². The van der Waals surface area contributed by atoms with Gasteiger partial charge < -0.3 is 19.8 Å². The fraction of sp³-hybridized carbons (Fsp3) is 0.0909. The molecular weight excluding hydrogens is 418 g/mol.